The Balaban J connectivity index is 1.31. The van der Waals surface area contributed by atoms with Crippen molar-refractivity contribution < 1.29 is 19.4 Å². The zero-order valence-corrected chi connectivity index (χ0v) is 23.8. The second-order valence-corrected chi connectivity index (χ2v) is 11.6. The summed E-state index contributed by atoms with van der Waals surface area (Å²) in [4.78, 5) is 18.6. The number of H-pyrrole nitrogens is 1. The fourth-order valence-electron chi connectivity index (χ4n) is 6.58. The second kappa shape index (κ2) is 11.6. The number of methoxy groups -OCH3 is 2. The summed E-state index contributed by atoms with van der Waals surface area (Å²) in [5.41, 5.74) is 5.73. The average molecular weight is 534 g/mol. The van der Waals surface area contributed by atoms with Gasteiger partial charge in [0.05, 0.1) is 33.1 Å². The van der Waals surface area contributed by atoms with E-state index in [1.54, 1.807) is 14.2 Å². The molecule has 1 aliphatic heterocycles. The van der Waals surface area contributed by atoms with E-state index in [4.69, 9.17) is 9.47 Å². The first-order valence-electron chi connectivity index (χ1n) is 14.4. The molecule has 2 fully saturated rings. The van der Waals surface area contributed by atoms with E-state index >= 15 is 0 Å². The van der Waals surface area contributed by atoms with E-state index in [-0.39, 0.29) is 18.1 Å². The Morgan fingerprint density at radius 1 is 1.08 bits per heavy atom. The Morgan fingerprint density at radius 2 is 1.79 bits per heavy atom. The molecule has 3 N–H and O–H groups in total. The molecule has 0 atom stereocenters. The standard InChI is InChI=1S/C32H43N3O4/c1-21(2)30-25-17-23(7-9-26(25)34-31(30)24-8-10-27(38-3)28(18-24)39-4)22-11-15-35(16-12-22)29(37)19-33-32(20-36)13-5-6-14-32/h7-10,17-18,21-22,33-34,36H,5-6,11-16,19-20H2,1-4H3. The van der Waals surface area contributed by atoms with Crippen molar-refractivity contribution in [1.29, 1.82) is 0 Å². The highest BCUT2D eigenvalue weighted by Gasteiger charge is 2.34. The summed E-state index contributed by atoms with van der Waals surface area (Å²) < 4.78 is 11.0. The van der Waals surface area contributed by atoms with Crippen LogP contribution in [0.1, 0.15) is 75.3 Å². The van der Waals surface area contributed by atoms with Crippen molar-refractivity contribution >= 4 is 16.8 Å². The van der Waals surface area contributed by atoms with Crippen LogP contribution in [0.4, 0.5) is 0 Å². The first-order chi connectivity index (χ1) is 18.9. The molecule has 0 unspecified atom stereocenters. The summed E-state index contributed by atoms with van der Waals surface area (Å²) in [7, 11) is 3.32. The number of fused-ring (bicyclic) bond motifs is 1. The highest BCUT2D eigenvalue weighted by atomic mass is 16.5. The molecule has 2 aliphatic rings. The van der Waals surface area contributed by atoms with Crippen LogP contribution >= 0.6 is 0 Å². The molecule has 0 spiro atoms. The van der Waals surface area contributed by atoms with Crippen LogP contribution in [0.25, 0.3) is 22.2 Å². The van der Waals surface area contributed by atoms with Crippen molar-refractivity contribution in [1.82, 2.24) is 15.2 Å². The van der Waals surface area contributed by atoms with Gasteiger partial charge in [-0.05, 0) is 79.0 Å². The van der Waals surface area contributed by atoms with E-state index in [0.717, 1.165) is 79.9 Å². The number of ether oxygens (including phenoxy) is 2. The summed E-state index contributed by atoms with van der Waals surface area (Å²) in [5.74, 6) is 2.36. The number of nitrogens with zero attached hydrogens (tertiary/aromatic N) is 1. The number of aliphatic hydroxyl groups is 1. The first kappa shape index (κ1) is 27.5. The number of nitrogens with one attached hydrogen (secondary N) is 2. The van der Waals surface area contributed by atoms with Crippen molar-refractivity contribution in [3.05, 3.63) is 47.5 Å². The lowest BCUT2D eigenvalue weighted by Crippen LogP contribution is -2.51. The summed E-state index contributed by atoms with van der Waals surface area (Å²) in [6.45, 7) is 6.45. The van der Waals surface area contributed by atoms with Gasteiger partial charge in [-0.2, -0.15) is 0 Å². The fourth-order valence-corrected chi connectivity index (χ4v) is 6.58. The van der Waals surface area contributed by atoms with Gasteiger partial charge in [-0.15, -0.1) is 0 Å². The first-order valence-corrected chi connectivity index (χ1v) is 14.4. The maximum atomic E-state index is 12.9. The van der Waals surface area contributed by atoms with Crippen LogP contribution in [0.2, 0.25) is 0 Å². The van der Waals surface area contributed by atoms with Crippen LogP contribution in [0.15, 0.2) is 36.4 Å². The minimum absolute atomic E-state index is 0.107. The SMILES string of the molecule is COc1ccc(-c2[nH]c3ccc(C4CCN(C(=O)CNC5(CO)CCCC5)CC4)cc3c2C(C)C)cc1OC. The van der Waals surface area contributed by atoms with Crippen LogP contribution < -0.4 is 14.8 Å². The Kier molecular flexibility index (Phi) is 8.19. The maximum Gasteiger partial charge on any atom is 0.236 e. The van der Waals surface area contributed by atoms with Gasteiger partial charge in [0.15, 0.2) is 11.5 Å². The Hall–Kier alpha value is -3.03. The summed E-state index contributed by atoms with van der Waals surface area (Å²) in [5, 5.41) is 14.5. The predicted octanol–water partition coefficient (Wildman–Crippen LogP) is 5.58. The molecule has 1 saturated heterocycles. The van der Waals surface area contributed by atoms with E-state index in [1.165, 1.54) is 16.5 Å². The molecular formula is C32H43N3O4. The molecule has 210 valence electrons. The number of likely N-dealkylation sites (tertiary alicyclic amines) is 1. The quantitative estimate of drug-likeness (QED) is 0.335. The van der Waals surface area contributed by atoms with Gasteiger partial charge in [-0.1, -0.05) is 32.8 Å². The average Bonchev–Trinajstić information content (AvgIpc) is 3.60. The largest absolute Gasteiger partial charge is 0.493 e. The van der Waals surface area contributed by atoms with Gasteiger partial charge < -0.3 is 29.8 Å². The lowest BCUT2D eigenvalue weighted by atomic mass is 9.87. The second-order valence-electron chi connectivity index (χ2n) is 11.6. The normalized spacial score (nSPS) is 17.7. The number of amides is 1. The number of aromatic nitrogens is 1. The molecule has 39 heavy (non-hydrogen) atoms. The summed E-state index contributed by atoms with van der Waals surface area (Å²) in [6, 6.07) is 12.9. The topological polar surface area (TPSA) is 86.8 Å². The van der Waals surface area contributed by atoms with Gasteiger partial charge in [-0.3, -0.25) is 4.79 Å². The minimum atomic E-state index is -0.260. The van der Waals surface area contributed by atoms with Gasteiger partial charge in [-0.25, -0.2) is 0 Å². The van der Waals surface area contributed by atoms with Crippen molar-refractivity contribution in [2.45, 2.75) is 69.7 Å². The van der Waals surface area contributed by atoms with Crippen molar-refractivity contribution in [3.8, 4) is 22.8 Å². The minimum Gasteiger partial charge on any atom is -0.493 e. The molecule has 1 aromatic heterocycles. The molecular weight excluding hydrogens is 490 g/mol. The van der Waals surface area contributed by atoms with E-state index in [0.29, 0.717) is 18.4 Å². The molecule has 2 heterocycles. The smallest absolute Gasteiger partial charge is 0.236 e. The number of aromatic amines is 1. The third kappa shape index (κ3) is 5.52. The summed E-state index contributed by atoms with van der Waals surface area (Å²) >= 11 is 0. The van der Waals surface area contributed by atoms with Crippen molar-refractivity contribution in [2.24, 2.45) is 0 Å². The number of rotatable bonds is 9. The predicted molar refractivity (Wildman–Crippen MR) is 156 cm³/mol. The Labute approximate surface area is 231 Å². The van der Waals surface area contributed by atoms with Crippen LogP contribution in [-0.2, 0) is 4.79 Å². The number of piperidine rings is 1. The third-order valence-corrected chi connectivity index (χ3v) is 8.91. The molecule has 5 rings (SSSR count). The van der Waals surface area contributed by atoms with Crippen LogP contribution in [0.3, 0.4) is 0 Å². The van der Waals surface area contributed by atoms with Crippen LogP contribution in [-0.4, -0.2) is 66.9 Å². The monoisotopic (exact) mass is 533 g/mol. The fraction of sp³-hybridized carbons (Fsp3) is 0.531. The highest BCUT2D eigenvalue weighted by Crippen LogP contribution is 2.40. The molecule has 2 aromatic carbocycles. The van der Waals surface area contributed by atoms with Crippen LogP contribution in [0, 0.1) is 0 Å². The number of hydrogen-bond donors (Lipinski definition) is 3. The van der Waals surface area contributed by atoms with Gasteiger partial charge in [0.1, 0.15) is 0 Å². The van der Waals surface area contributed by atoms with E-state index < -0.39 is 0 Å². The zero-order chi connectivity index (χ0) is 27.6. The molecule has 0 radical (unpaired) electrons. The van der Waals surface area contributed by atoms with E-state index in [2.05, 4.69) is 48.4 Å². The number of carbonyl (C=O) groups is 1. The number of benzene rings is 2. The Bertz CT molecular complexity index is 1300. The molecule has 7 heteroatoms. The van der Waals surface area contributed by atoms with E-state index in [9.17, 15) is 9.90 Å². The third-order valence-electron chi connectivity index (χ3n) is 8.91. The number of hydrogen-bond acceptors (Lipinski definition) is 5. The molecule has 1 amide bonds. The lowest BCUT2D eigenvalue weighted by Gasteiger charge is -2.34. The summed E-state index contributed by atoms with van der Waals surface area (Å²) in [6.07, 6.45) is 6.07. The van der Waals surface area contributed by atoms with Crippen molar-refractivity contribution in [2.75, 3.05) is 40.5 Å². The lowest BCUT2D eigenvalue weighted by molar-refractivity contribution is -0.131. The van der Waals surface area contributed by atoms with Gasteiger partial charge in [0.25, 0.3) is 0 Å². The zero-order valence-electron chi connectivity index (χ0n) is 23.8. The Morgan fingerprint density at radius 3 is 2.44 bits per heavy atom. The van der Waals surface area contributed by atoms with Gasteiger partial charge >= 0.3 is 0 Å². The van der Waals surface area contributed by atoms with Gasteiger partial charge in [0, 0.05) is 35.1 Å². The number of aliphatic hydroxyl groups excluding tert-OH is 1. The molecule has 0 bridgehead atoms. The van der Waals surface area contributed by atoms with Gasteiger partial charge in [0.2, 0.25) is 5.91 Å². The highest BCUT2D eigenvalue weighted by molar-refractivity contribution is 5.92. The molecule has 7 nitrogen and oxygen atoms in total. The molecule has 1 saturated carbocycles. The van der Waals surface area contributed by atoms with E-state index in [1.807, 2.05) is 17.0 Å². The van der Waals surface area contributed by atoms with Crippen LogP contribution in [0.5, 0.6) is 11.5 Å². The van der Waals surface area contributed by atoms with Crippen molar-refractivity contribution in [3.63, 3.8) is 0 Å². The number of carbonyl (C=O) groups excluding carboxylic acids is 1. The molecule has 3 aromatic rings. The maximum absolute atomic E-state index is 12.9. The molecule has 1 aliphatic carbocycles.